The molecule has 2 rings (SSSR count). The van der Waals surface area contributed by atoms with Crippen molar-refractivity contribution in [2.45, 2.75) is 19.5 Å². The van der Waals surface area contributed by atoms with Crippen LogP contribution >= 0.6 is 11.6 Å². The van der Waals surface area contributed by atoms with Gasteiger partial charge in [0.15, 0.2) is 0 Å². The highest BCUT2D eigenvalue weighted by Gasteiger charge is 2.33. The Kier molecular flexibility index (Phi) is 5.79. The van der Waals surface area contributed by atoms with E-state index in [0.29, 0.717) is 12.1 Å². The lowest BCUT2D eigenvalue weighted by atomic mass is 10.2. The van der Waals surface area contributed by atoms with Crippen molar-refractivity contribution >= 4 is 38.8 Å². The maximum absolute atomic E-state index is 12.9. The molecule has 2 aromatic rings. The van der Waals surface area contributed by atoms with Gasteiger partial charge in [0.05, 0.1) is 28.2 Å². The van der Waals surface area contributed by atoms with Gasteiger partial charge in [0.25, 0.3) is 0 Å². The largest absolute Gasteiger partial charge is 0.417 e. The molecule has 0 aliphatic heterocycles. The lowest BCUT2D eigenvalue weighted by Gasteiger charge is -2.12. The van der Waals surface area contributed by atoms with Crippen molar-refractivity contribution in [2.75, 3.05) is 15.8 Å². The molecule has 0 aliphatic carbocycles. The lowest BCUT2D eigenvalue weighted by molar-refractivity contribution is -0.137. The molecule has 0 amide bonds. The third kappa shape index (κ3) is 5.50. The quantitative estimate of drug-likeness (QED) is 0.749. The number of nitrogens with one attached hydrogen (secondary N) is 2. The van der Waals surface area contributed by atoms with Crippen molar-refractivity contribution in [2.24, 2.45) is 0 Å². The van der Waals surface area contributed by atoms with Gasteiger partial charge in [0.2, 0.25) is 10.0 Å². The second kappa shape index (κ2) is 7.49. The Morgan fingerprint density at radius 3 is 2.40 bits per heavy atom. The summed E-state index contributed by atoms with van der Waals surface area (Å²) in [6.45, 7) is 1.74. The predicted molar refractivity (Wildman–Crippen MR) is 91.7 cm³/mol. The number of rotatable bonds is 6. The van der Waals surface area contributed by atoms with Gasteiger partial charge in [-0.3, -0.25) is 4.72 Å². The average molecular weight is 394 g/mol. The normalized spacial score (nSPS) is 12.0. The van der Waals surface area contributed by atoms with E-state index in [1.807, 2.05) is 0 Å². The van der Waals surface area contributed by atoms with Crippen molar-refractivity contribution in [3.05, 3.63) is 47.1 Å². The van der Waals surface area contributed by atoms with Crippen LogP contribution in [-0.2, 0) is 16.2 Å². The number of pyridine rings is 1. The average Bonchev–Trinajstić information content (AvgIpc) is 2.49. The summed E-state index contributed by atoms with van der Waals surface area (Å²) in [5, 5.41) is 2.37. The first kappa shape index (κ1) is 19.3. The van der Waals surface area contributed by atoms with Gasteiger partial charge in [-0.05, 0) is 36.8 Å². The van der Waals surface area contributed by atoms with Crippen molar-refractivity contribution in [1.82, 2.24) is 4.98 Å². The molecular weight excluding hydrogens is 379 g/mol. The molecule has 136 valence electrons. The molecule has 2 N–H and O–H groups in total. The standard InChI is InChI=1S/C15H15ClF3N3O2S/c1-2-7-25(23,24)22-14-6-4-11(9-20-14)21-10-3-5-13(16)12(8-10)15(17,18)19/h3-6,8-9,21H,2,7H2,1H3,(H,20,22). The fourth-order valence-corrected chi connectivity index (χ4v) is 3.30. The summed E-state index contributed by atoms with van der Waals surface area (Å²) in [5.41, 5.74) is -0.372. The summed E-state index contributed by atoms with van der Waals surface area (Å²) in [5.74, 6) is 0.103. The molecule has 0 atom stereocenters. The molecule has 0 saturated heterocycles. The van der Waals surface area contributed by atoms with Gasteiger partial charge in [0.1, 0.15) is 5.82 Å². The monoisotopic (exact) mass is 393 g/mol. The SMILES string of the molecule is CCCS(=O)(=O)Nc1ccc(Nc2ccc(Cl)c(C(F)(F)F)c2)cn1. The van der Waals surface area contributed by atoms with Gasteiger partial charge in [-0.2, -0.15) is 13.2 Å². The number of benzene rings is 1. The molecular formula is C15H15ClF3N3O2S. The number of nitrogens with zero attached hydrogens (tertiary/aromatic N) is 1. The zero-order valence-corrected chi connectivity index (χ0v) is 14.6. The molecule has 1 aromatic carbocycles. The second-order valence-electron chi connectivity index (χ2n) is 5.17. The molecule has 0 bridgehead atoms. The van der Waals surface area contributed by atoms with Crippen molar-refractivity contribution < 1.29 is 21.6 Å². The molecule has 5 nitrogen and oxygen atoms in total. The van der Waals surface area contributed by atoms with E-state index in [1.54, 1.807) is 6.92 Å². The topological polar surface area (TPSA) is 71.1 Å². The number of sulfonamides is 1. The highest BCUT2D eigenvalue weighted by Crippen LogP contribution is 2.36. The van der Waals surface area contributed by atoms with Crippen LogP contribution < -0.4 is 10.0 Å². The van der Waals surface area contributed by atoms with E-state index in [1.165, 1.54) is 24.4 Å². The van der Waals surface area contributed by atoms with Gasteiger partial charge in [-0.1, -0.05) is 18.5 Å². The van der Waals surface area contributed by atoms with E-state index >= 15 is 0 Å². The summed E-state index contributed by atoms with van der Waals surface area (Å²) in [4.78, 5) is 3.93. The number of anilines is 3. The minimum atomic E-state index is -4.56. The maximum Gasteiger partial charge on any atom is 0.417 e. The molecule has 1 aromatic heterocycles. The van der Waals surface area contributed by atoms with E-state index in [0.717, 1.165) is 12.1 Å². The number of hydrogen-bond donors (Lipinski definition) is 2. The van der Waals surface area contributed by atoms with Crippen LogP contribution in [0.15, 0.2) is 36.5 Å². The Bertz CT molecular complexity index is 840. The van der Waals surface area contributed by atoms with Crippen LogP contribution in [-0.4, -0.2) is 19.2 Å². The van der Waals surface area contributed by atoms with Crippen LogP contribution in [0, 0.1) is 0 Å². The molecule has 0 spiro atoms. The summed E-state index contributed by atoms with van der Waals surface area (Å²) in [7, 11) is -3.46. The van der Waals surface area contributed by atoms with Crippen LogP contribution in [0.25, 0.3) is 0 Å². The highest BCUT2D eigenvalue weighted by atomic mass is 35.5. The first-order valence-corrected chi connectivity index (χ1v) is 9.24. The Balaban J connectivity index is 2.14. The summed E-state index contributed by atoms with van der Waals surface area (Å²) in [6, 6.07) is 6.35. The van der Waals surface area contributed by atoms with E-state index in [-0.39, 0.29) is 17.3 Å². The first-order chi connectivity index (χ1) is 11.6. The van der Waals surface area contributed by atoms with E-state index < -0.39 is 26.8 Å². The molecule has 0 saturated carbocycles. The van der Waals surface area contributed by atoms with E-state index in [4.69, 9.17) is 11.6 Å². The first-order valence-electron chi connectivity index (χ1n) is 7.21. The Morgan fingerprint density at radius 2 is 1.84 bits per heavy atom. The van der Waals surface area contributed by atoms with E-state index in [9.17, 15) is 21.6 Å². The maximum atomic E-state index is 12.9. The molecule has 1 heterocycles. The fourth-order valence-electron chi connectivity index (χ4n) is 1.99. The zero-order chi connectivity index (χ0) is 18.7. The van der Waals surface area contributed by atoms with Gasteiger partial charge in [-0.25, -0.2) is 13.4 Å². The highest BCUT2D eigenvalue weighted by molar-refractivity contribution is 7.92. The Labute approximate surface area is 148 Å². The molecule has 0 aliphatic rings. The van der Waals surface area contributed by atoms with Crippen LogP contribution in [0.5, 0.6) is 0 Å². The third-order valence-corrected chi connectivity index (χ3v) is 4.85. The number of halogens is 4. The molecule has 25 heavy (non-hydrogen) atoms. The second-order valence-corrected chi connectivity index (χ2v) is 7.42. The predicted octanol–water partition coefficient (Wildman–Crippen LogP) is 4.65. The van der Waals surface area contributed by atoms with Gasteiger partial charge in [0, 0.05) is 5.69 Å². The minimum absolute atomic E-state index is 0.0281. The summed E-state index contributed by atoms with van der Waals surface area (Å²) < 4.78 is 64.2. The molecule has 0 radical (unpaired) electrons. The van der Waals surface area contributed by atoms with Gasteiger partial charge < -0.3 is 5.32 Å². The smallest absolute Gasteiger partial charge is 0.354 e. The zero-order valence-electron chi connectivity index (χ0n) is 13.1. The van der Waals surface area contributed by atoms with Crippen LogP contribution in [0.3, 0.4) is 0 Å². The molecule has 0 unspecified atom stereocenters. The molecule has 10 heteroatoms. The van der Waals surface area contributed by atoms with Crippen molar-refractivity contribution in [3.63, 3.8) is 0 Å². The van der Waals surface area contributed by atoms with Gasteiger partial charge >= 0.3 is 6.18 Å². The van der Waals surface area contributed by atoms with E-state index in [2.05, 4.69) is 15.0 Å². The summed E-state index contributed by atoms with van der Waals surface area (Å²) >= 11 is 5.57. The van der Waals surface area contributed by atoms with Crippen LogP contribution in [0.1, 0.15) is 18.9 Å². The molecule has 0 fully saturated rings. The Morgan fingerprint density at radius 1 is 1.16 bits per heavy atom. The minimum Gasteiger partial charge on any atom is -0.354 e. The lowest BCUT2D eigenvalue weighted by Crippen LogP contribution is -2.16. The number of aromatic nitrogens is 1. The number of alkyl halides is 3. The Hall–Kier alpha value is -2.00. The fraction of sp³-hybridized carbons (Fsp3) is 0.267. The summed E-state index contributed by atoms with van der Waals surface area (Å²) in [6.07, 6.45) is -2.78. The van der Waals surface area contributed by atoms with Gasteiger partial charge in [-0.15, -0.1) is 0 Å². The van der Waals surface area contributed by atoms with Crippen molar-refractivity contribution in [1.29, 1.82) is 0 Å². The third-order valence-electron chi connectivity index (χ3n) is 3.06. The van der Waals surface area contributed by atoms with Crippen molar-refractivity contribution in [3.8, 4) is 0 Å². The number of hydrogen-bond acceptors (Lipinski definition) is 4. The van der Waals surface area contributed by atoms with Crippen LogP contribution in [0.4, 0.5) is 30.4 Å². The van der Waals surface area contributed by atoms with Crippen LogP contribution in [0.2, 0.25) is 5.02 Å².